The maximum Gasteiger partial charge on any atom is 0.304 e. The molecule has 1 heterocycles. The first kappa shape index (κ1) is 29.8. The number of carbonyl (C=O) groups excluding carboxylic acids is 1. The fourth-order valence-corrected chi connectivity index (χ4v) is 8.22. The Hall–Kier alpha value is -2.13. The molecule has 4 atom stereocenters. The molecule has 0 bridgehead atoms. The molecular formula is C29H36Cl2N2O5S. The fourth-order valence-electron chi connectivity index (χ4n) is 5.92. The molecule has 212 valence electrons. The van der Waals surface area contributed by atoms with Crippen molar-refractivity contribution < 1.29 is 23.1 Å². The number of aliphatic carboxylic acids is 1. The average Bonchev–Trinajstić information content (AvgIpc) is 3.64. The van der Waals surface area contributed by atoms with E-state index >= 15 is 0 Å². The monoisotopic (exact) mass is 594 g/mol. The number of hydrogen-bond donors (Lipinski definition) is 2. The predicted molar refractivity (Wildman–Crippen MR) is 153 cm³/mol. The number of rotatable bonds is 9. The molecule has 1 amide bonds. The van der Waals surface area contributed by atoms with Crippen LogP contribution in [0.2, 0.25) is 10.0 Å². The summed E-state index contributed by atoms with van der Waals surface area (Å²) in [7, 11) is -3.79. The van der Waals surface area contributed by atoms with Crippen LogP contribution in [0.15, 0.2) is 48.5 Å². The van der Waals surface area contributed by atoms with Crippen LogP contribution >= 0.6 is 23.2 Å². The van der Waals surface area contributed by atoms with Crippen molar-refractivity contribution in [2.24, 2.45) is 11.3 Å². The van der Waals surface area contributed by atoms with Gasteiger partial charge in [-0.2, -0.15) is 0 Å². The van der Waals surface area contributed by atoms with Gasteiger partial charge in [-0.15, -0.1) is 0 Å². The summed E-state index contributed by atoms with van der Waals surface area (Å²) in [5.74, 6) is -2.10. The number of benzene rings is 2. The maximum atomic E-state index is 14.4. The first-order chi connectivity index (χ1) is 18.1. The molecule has 0 spiro atoms. The second-order valence-electron chi connectivity index (χ2n) is 12.2. The Balaban J connectivity index is 1.92. The van der Waals surface area contributed by atoms with Crippen molar-refractivity contribution in [2.75, 3.05) is 5.75 Å². The van der Waals surface area contributed by atoms with Crippen LogP contribution in [0.1, 0.15) is 76.5 Å². The van der Waals surface area contributed by atoms with Gasteiger partial charge in [0.05, 0.1) is 29.7 Å². The molecule has 0 aromatic heterocycles. The van der Waals surface area contributed by atoms with Crippen LogP contribution in [-0.4, -0.2) is 47.6 Å². The average molecular weight is 596 g/mol. The summed E-state index contributed by atoms with van der Waals surface area (Å²) in [4.78, 5) is 28.1. The van der Waals surface area contributed by atoms with Crippen LogP contribution in [0.3, 0.4) is 0 Å². The number of likely N-dealkylation sites (tertiary alicyclic amines) is 1. The van der Waals surface area contributed by atoms with Crippen LogP contribution in [0.4, 0.5) is 0 Å². The Kier molecular flexibility index (Phi) is 8.44. The van der Waals surface area contributed by atoms with Crippen molar-refractivity contribution in [3.63, 3.8) is 0 Å². The highest BCUT2D eigenvalue weighted by molar-refractivity contribution is 7.89. The molecule has 10 heteroatoms. The summed E-state index contributed by atoms with van der Waals surface area (Å²) in [6.45, 7) is 6.99. The molecule has 4 rings (SSSR count). The van der Waals surface area contributed by atoms with Gasteiger partial charge in [0.1, 0.15) is 0 Å². The standard InChI is InChI=1S/C29H36Cl2N2O5S/c1-28(2,3)32-39(37,38)17-24(18-9-10-18)33-26(19-11-13-20(30)14-12-19)22(21-7-5-6-8-23(21)31)15-29(4,27(33)36)16-25(34)35/h5-8,11-14,18,22,24,26,32H,9-10,15-17H2,1-4H3,(H,34,35). The topological polar surface area (TPSA) is 104 Å². The molecule has 2 aromatic carbocycles. The van der Waals surface area contributed by atoms with Gasteiger partial charge in [0, 0.05) is 21.5 Å². The number of carboxylic acids is 1. The normalized spacial score (nSPS) is 25.0. The number of sulfonamides is 1. The number of nitrogens with one attached hydrogen (secondary N) is 1. The second-order valence-corrected chi connectivity index (χ2v) is 14.8. The summed E-state index contributed by atoms with van der Waals surface area (Å²) in [5.41, 5.74) is -0.362. The van der Waals surface area contributed by atoms with E-state index in [0.29, 0.717) is 10.0 Å². The number of piperidine rings is 1. The highest BCUT2D eigenvalue weighted by atomic mass is 35.5. The van der Waals surface area contributed by atoms with Crippen molar-refractivity contribution in [2.45, 2.75) is 76.9 Å². The van der Waals surface area contributed by atoms with E-state index in [1.54, 1.807) is 50.8 Å². The van der Waals surface area contributed by atoms with E-state index in [-0.39, 0.29) is 36.3 Å². The molecule has 4 unspecified atom stereocenters. The quantitative estimate of drug-likeness (QED) is 0.369. The largest absolute Gasteiger partial charge is 0.481 e. The van der Waals surface area contributed by atoms with Gasteiger partial charge in [0.25, 0.3) is 0 Å². The van der Waals surface area contributed by atoms with Crippen molar-refractivity contribution in [1.82, 2.24) is 9.62 Å². The second kappa shape index (κ2) is 11.0. The Labute approximate surface area is 240 Å². The first-order valence-corrected chi connectivity index (χ1v) is 15.6. The van der Waals surface area contributed by atoms with Crippen LogP contribution in [-0.2, 0) is 19.6 Å². The SMILES string of the molecule is CC(C)(C)NS(=O)(=O)CC(C1CC1)N1C(=O)C(C)(CC(=O)O)CC(c2ccccc2Cl)C1c1ccc(Cl)cc1. The number of amides is 1. The highest BCUT2D eigenvalue weighted by Crippen LogP contribution is 2.54. The summed E-state index contributed by atoms with van der Waals surface area (Å²) in [6, 6.07) is 13.4. The summed E-state index contributed by atoms with van der Waals surface area (Å²) in [5, 5.41) is 10.9. The summed E-state index contributed by atoms with van der Waals surface area (Å²) < 4.78 is 29.5. The predicted octanol–water partition coefficient (Wildman–Crippen LogP) is 6.03. The van der Waals surface area contributed by atoms with Crippen molar-refractivity contribution in [3.05, 3.63) is 69.7 Å². The smallest absolute Gasteiger partial charge is 0.304 e. The number of halogens is 2. The molecule has 2 aliphatic rings. The Morgan fingerprint density at radius 1 is 1.13 bits per heavy atom. The first-order valence-electron chi connectivity index (χ1n) is 13.2. The molecule has 1 aliphatic heterocycles. The molecule has 7 nitrogen and oxygen atoms in total. The lowest BCUT2D eigenvalue weighted by Crippen LogP contribution is -2.59. The van der Waals surface area contributed by atoms with E-state index in [1.807, 2.05) is 30.3 Å². The van der Waals surface area contributed by atoms with Crippen LogP contribution in [0, 0.1) is 11.3 Å². The van der Waals surface area contributed by atoms with Gasteiger partial charge in [-0.05, 0) is 75.3 Å². The molecule has 2 aromatic rings. The third kappa shape index (κ3) is 6.96. The zero-order valence-electron chi connectivity index (χ0n) is 22.7. The fraction of sp³-hybridized carbons (Fsp3) is 0.517. The Morgan fingerprint density at radius 3 is 2.28 bits per heavy atom. The van der Waals surface area contributed by atoms with Crippen LogP contribution < -0.4 is 4.72 Å². The Morgan fingerprint density at radius 2 is 1.74 bits per heavy atom. The minimum absolute atomic E-state index is 0.0145. The lowest BCUT2D eigenvalue weighted by molar-refractivity contribution is -0.160. The van der Waals surface area contributed by atoms with Gasteiger partial charge in [0.2, 0.25) is 15.9 Å². The van der Waals surface area contributed by atoms with Crippen LogP contribution in [0.5, 0.6) is 0 Å². The van der Waals surface area contributed by atoms with Crippen molar-refractivity contribution >= 4 is 45.1 Å². The van der Waals surface area contributed by atoms with E-state index in [2.05, 4.69) is 4.72 Å². The summed E-state index contributed by atoms with van der Waals surface area (Å²) in [6.07, 6.45) is 1.45. The molecular weight excluding hydrogens is 559 g/mol. The van der Waals surface area contributed by atoms with E-state index in [4.69, 9.17) is 23.2 Å². The van der Waals surface area contributed by atoms with Gasteiger partial charge >= 0.3 is 5.97 Å². The van der Waals surface area contributed by atoms with Crippen LogP contribution in [0.25, 0.3) is 0 Å². The molecule has 39 heavy (non-hydrogen) atoms. The zero-order valence-corrected chi connectivity index (χ0v) is 25.0. The van der Waals surface area contributed by atoms with Gasteiger partial charge in [0.15, 0.2) is 0 Å². The van der Waals surface area contributed by atoms with Gasteiger partial charge in [-0.1, -0.05) is 60.5 Å². The molecule has 1 saturated carbocycles. The molecule has 0 radical (unpaired) electrons. The molecule has 2 N–H and O–H groups in total. The molecule has 2 fully saturated rings. The number of hydrogen-bond acceptors (Lipinski definition) is 4. The minimum atomic E-state index is -3.79. The van der Waals surface area contributed by atoms with Crippen molar-refractivity contribution in [3.8, 4) is 0 Å². The highest BCUT2D eigenvalue weighted by Gasteiger charge is 2.55. The number of carboxylic acid groups (broad SMARTS) is 1. The molecule has 1 saturated heterocycles. The number of carbonyl (C=O) groups is 2. The minimum Gasteiger partial charge on any atom is -0.481 e. The van der Waals surface area contributed by atoms with E-state index in [1.165, 1.54) is 0 Å². The Bertz CT molecular complexity index is 1340. The van der Waals surface area contributed by atoms with Crippen molar-refractivity contribution in [1.29, 1.82) is 0 Å². The van der Waals surface area contributed by atoms with E-state index in [0.717, 1.165) is 24.0 Å². The van der Waals surface area contributed by atoms with E-state index < -0.39 is 39.0 Å². The zero-order chi connectivity index (χ0) is 28.8. The summed E-state index contributed by atoms with van der Waals surface area (Å²) >= 11 is 12.9. The maximum absolute atomic E-state index is 14.4. The van der Waals surface area contributed by atoms with Gasteiger partial charge < -0.3 is 10.0 Å². The van der Waals surface area contributed by atoms with Gasteiger partial charge in [-0.3, -0.25) is 9.59 Å². The lowest BCUT2D eigenvalue weighted by atomic mass is 9.67. The number of nitrogens with zero attached hydrogens (tertiary/aromatic N) is 1. The van der Waals surface area contributed by atoms with E-state index in [9.17, 15) is 23.1 Å². The third-order valence-electron chi connectivity index (χ3n) is 7.54. The lowest BCUT2D eigenvalue weighted by Gasteiger charge is -2.52. The van der Waals surface area contributed by atoms with Gasteiger partial charge in [-0.25, -0.2) is 13.1 Å². The molecule has 1 aliphatic carbocycles. The third-order valence-corrected chi connectivity index (χ3v) is 9.83.